The van der Waals surface area contributed by atoms with Crippen LogP contribution in [0.15, 0.2) is 54.6 Å². The van der Waals surface area contributed by atoms with Crippen molar-refractivity contribution in [2.75, 3.05) is 48.0 Å². The minimum absolute atomic E-state index is 0.0229. The van der Waals surface area contributed by atoms with Crippen molar-refractivity contribution in [3.05, 3.63) is 65.7 Å². The first kappa shape index (κ1) is 26.8. The molecule has 0 radical (unpaired) electrons. The summed E-state index contributed by atoms with van der Waals surface area (Å²) in [6.45, 7) is 3.17. The summed E-state index contributed by atoms with van der Waals surface area (Å²) in [6, 6.07) is 16.4. The fraction of sp³-hybridized carbons (Fsp3) is 0.531. The summed E-state index contributed by atoms with van der Waals surface area (Å²) in [7, 11) is 7.22. The molecule has 38 heavy (non-hydrogen) atoms. The number of carbonyl (C=O) groups excluding carboxylic acids is 1. The lowest BCUT2D eigenvalue weighted by atomic mass is 9.55. The number of ether oxygens (including phenoxy) is 3. The highest BCUT2D eigenvalue weighted by atomic mass is 16.5. The fourth-order valence-corrected chi connectivity index (χ4v) is 6.85. The topological polar surface area (TPSA) is 51.2 Å². The van der Waals surface area contributed by atoms with Crippen molar-refractivity contribution in [2.45, 2.75) is 55.6 Å². The Kier molecular flexibility index (Phi) is 7.83. The largest absolute Gasteiger partial charge is 0.497 e. The van der Waals surface area contributed by atoms with Gasteiger partial charge in [0.1, 0.15) is 11.5 Å². The number of hydrogen-bond donors (Lipinski definition) is 0. The standard InChI is InChI=1S/C32H42N2O4/c1-33(30(35)14-13-24-7-5-9-28(19-24)36-2)27-15-16-32(38-4)23-34(22-25-11-12-25)18-17-31(32,21-27)26-8-6-10-29(20-26)37-3/h5-10,13-14,19-20,25,27H,11-12,15-18,21-23H2,1-4H3/t27-,31+,32+/m1/s1. The Morgan fingerprint density at radius 2 is 1.76 bits per heavy atom. The van der Waals surface area contributed by atoms with E-state index in [4.69, 9.17) is 14.2 Å². The number of likely N-dealkylation sites (N-methyl/N-ethyl adjacent to an activating group) is 1. The SMILES string of the molecule is COc1cccc(C=CC(=O)N(C)[C@@H]2CC[C@]3(OC)CN(CC4CC4)CC[C@@]3(c3cccc(OC)c3)C2)c1. The van der Waals surface area contributed by atoms with Crippen molar-refractivity contribution in [2.24, 2.45) is 5.92 Å². The maximum atomic E-state index is 13.3. The average molecular weight is 519 g/mol. The molecule has 5 rings (SSSR count). The Balaban J connectivity index is 1.41. The second kappa shape index (κ2) is 11.1. The van der Waals surface area contributed by atoms with Gasteiger partial charge < -0.3 is 24.0 Å². The Labute approximate surface area is 227 Å². The van der Waals surface area contributed by atoms with Crippen LogP contribution in [-0.4, -0.2) is 75.4 Å². The van der Waals surface area contributed by atoms with Crippen LogP contribution in [0.2, 0.25) is 0 Å². The Hall–Kier alpha value is -2.83. The van der Waals surface area contributed by atoms with Crippen molar-refractivity contribution in [1.82, 2.24) is 9.80 Å². The first-order valence-electron chi connectivity index (χ1n) is 13.9. The van der Waals surface area contributed by atoms with Crippen LogP contribution >= 0.6 is 0 Å². The molecule has 6 nitrogen and oxygen atoms in total. The summed E-state index contributed by atoms with van der Waals surface area (Å²) in [4.78, 5) is 17.9. The Morgan fingerprint density at radius 3 is 2.47 bits per heavy atom. The third kappa shape index (κ3) is 5.21. The van der Waals surface area contributed by atoms with E-state index >= 15 is 0 Å². The van der Waals surface area contributed by atoms with Crippen LogP contribution in [0.4, 0.5) is 0 Å². The average Bonchev–Trinajstić information content (AvgIpc) is 3.79. The maximum absolute atomic E-state index is 13.3. The molecule has 1 aliphatic heterocycles. The minimum Gasteiger partial charge on any atom is -0.497 e. The van der Waals surface area contributed by atoms with Crippen LogP contribution in [0.25, 0.3) is 6.08 Å². The lowest BCUT2D eigenvalue weighted by Crippen LogP contribution is -2.68. The molecule has 0 N–H and O–H groups in total. The molecule has 2 aromatic rings. The molecule has 6 heteroatoms. The van der Waals surface area contributed by atoms with Crippen LogP contribution < -0.4 is 9.47 Å². The van der Waals surface area contributed by atoms with Gasteiger partial charge in [0.25, 0.3) is 0 Å². The van der Waals surface area contributed by atoms with Gasteiger partial charge in [-0.05, 0) is 92.5 Å². The van der Waals surface area contributed by atoms with Gasteiger partial charge in [-0.1, -0.05) is 24.3 Å². The molecule has 0 unspecified atom stereocenters. The van der Waals surface area contributed by atoms with E-state index in [1.807, 2.05) is 55.5 Å². The number of hydrogen-bond acceptors (Lipinski definition) is 5. The smallest absolute Gasteiger partial charge is 0.246 e. The number of carbonyl (C=O) groups is 1. The predicted octanol–water partition coefficient (Wildman–Crippen LogP) is 5.17. The summed E-state index contributed by atoms with van der Waals surface area (Å²) in [5, 5.41) is 0. The van der Waals surface area contributed by atoms with Gasteiger partial charge in [-0.2, -0.15) is 0 Å². The molecule has 0 bridgehead atoms. The van der Waals surface area contributed by atoms with Crippen molar-refractivity contribution >= 4 is 12.0 Å². The predicted molar refractivity (Wildman–Crippen MR) is 151 cm³/mol. The van der Waals surface area contributed by atoms with E-state index < -0.39 is 0 Å². The monoisotopic (exact) mass is 518 g/mol. The molecule has 1 heterocycles. The van der Waals surface area contributed by atoms with Crippen molar-refractivity contribution in [1.29, 1.82) is 0 Å². The first-order chi connectivity index (χ1) is 18.4. The molecule has 1 amide bonds. The van der Waals surface area contributed by atoms with E-state index in [0.29, 0.717) is 0 Å². The summed E-state index contributed by atoms with van der Waals surface area (Å²) >= 11 is 0. The summed E-state index contributed by atoms with van der Waals surface area (Å²) in [5.41, 5.74) is 1.74. The molecule has 0 aromatic heterocycles. The number of rotatable bonds is 9. The summed E-state index contributed by atoms with van der Waals surface area (Å²) in [6.07, 6.45) is 10.0. The Bertz CT molecular complexity index is 1160. The molecular weight excluding hydrogens is 476 g/mol. The lowest BCUT2D eigenvalue weighted by Gasteiger charge is -2.60. The van der Waals surface area contributed by atoms with Gasteiger partial charge in [0.2, 0.25) is 5.91 Å². The van der Waals surface area contributed by atoms with Gasteiger partial charge in [0.15, 0.2) is 0 Å². The van der Waals surface area contributed by atoms with E-state index in [9.17, 15) is 4.79 Å². The Morgan fingerprint density at radius 1 is 1.03 bits per heavy atom. The highest BCUT2D eigenvalue weighted by Crippen LogP contribution is 2.54. The van der Waals surface area contributed by atoms with Crippen LogP contribution in [0.1, 0.15) is 49.7 Å². The zero-order chi connectivity index (χ0) is 26.8. The third-order valence-corrected chi connectivity index (χ3v) is 9.31. The van der Waals surface area contributed by atoms with Crippen LogP contribution in [0.5, 0.6) is 11.5 Å². The molecule has 0 spiro atoms. The molecule has 2 saturated carbocycles. The van der Waals surface area contributed by atoms with Crippen LogP contribution in [-0.2, 0) is 14.9 Å². The molecule has 1 saturated heterocycles. The van der Waals surface area contributed by atoms with E-state index in [2.05, 4.69) is 23.1 Å². The second-order valence-corrected chi connectivity index (χ2v) is 11.4. The number of methoxy groups -OCH3 is 3. The molecule has 3 atom stereocenters. The van der Waals surface area contributed by atoms with Gasteiger partial charge >= 0.3 is 0 Å². The number of nitrogens with zero attached hydrogens (tertiary/aromatic N) is 2. The van der Waals surface area contributed by atoms with Gasteiger partial charge in [-0.25, -0.2) is 0 Å². The second-order valence-electron chi connectivity index (χ2n) is 11.4. The number of likely N-dealkylation sites (tertiary alicyclic amines) is 1. The lowest BCUT2D eigenvalue weighted by molar-refractivity contribution is -0.159. The number of amides is 1. The van der Waals surface area contributed by atoms with Crippen molar-refractivity contribution < 1.29 is 19.0 Å². The van der Waals surface area contributed by atoms with Gasteiger partial charge in [0.05, 0.1) is 19.8 Å². The quantitative estimate of drug-likeness (QED) is 0.429. The normalized spacial score (nSPS) is 27.6. The van der Waals surface area contributed by atoms with E-state index in [1.54, 1.807) is 20.3 Å². The molecule has 2 aromatic carbocycles. The molecule has 3 fully saturated rings. The van der Waals surface area contributed by atoms with E-state index in [-0.39, 0.29) is 23.0 Å². The van der Waals surface area contributed by atoms with Crippen LogP contribution in [0, 0.1) is 5.92 Å². The summed E-state index contributed by atoms with van der Waals surface area (Å²) in [5.74, 6) is 2.53. The zero-order valence-electron chi connectivity index (χ0n) is 23.3. The number of piperidine rings is 1. The minimum atomic E-state index is -0.288. The number of fused-ring (bicyclic) bond motifs is 1. The van der Waals surface area contributed by atoms with Gasteiger partial charge in [-0.3, -0.25) is 4.79 Å². The molecular formula is C32H42N2O4. The van der Waals surface area contributed by atoms with E-state index in [1.165, 1.54) is 24.9 Å². The fourth-order valence-electron chi connectivity index (χ4n) is 6.85. The molecule has 204 valence electrons. The van der Waals surface area contributed by atoms with Crippen molar-refractivity contribution in [3.63, 3.8) is 0 Å². The van der Waals surface area contributed by atoms with Crippen molar-refractivity contribution in [3.8, 4) is 11.5 Å². The molecule has 3 aliphatic rings. The molecule has 2 aliphatic carbocycles. The maximum Gasteiger partial charge on any atom is 0.246 e. The van der Waals surface area contributed by atoms with E-state index in [0.717, 1.165) is 61.8 Å². The highest BCUT2D eigenvalue weighted by molar-refractivity contribution is 5.91. The number of benzene rings is 2. The highest BCUT2D eigenvalue weighted by Gasteiger charge is 2.59. The zero-order valence-corrected chi connectivity index (χ0v) is 23.3. The van der Waals surface area contributed by atoms with Gasteiger partial charge in [-0.15, -0.1) is 0 Å². The summed E-state index contributed by atoms with van der Waals surface area (Å²) < 4.78 is 17.5. The van der Waals surface area contributed by atoms with Crippen LogP contribution in [0.3, 0.4) is 0 Å². The third-order valence-electron chi connectivity index (χ3n) is 9.31. The van der Waals surface area contributed by atoms with Gasteiger partial charge in [0, 0.05) is 44.8 Å². The first-order valence-corrected chi connectivity index (χ1v) is 13.9.